The van der Waals surface area contributed by atoms with Gasteiger partial charge < -0.3 is 0 Å². The van der Waals surface area contributed by atoms with E-state index in [1.807, 2.05) is 12.1 Å². The highest BCUT2D eigenvalue weighted by Crippen LogP contribution is 2.25. The van der Waals surface area contributed by atoms with Gasteiger partial charge in [0.05, 0.1) is 0 Å². The van der Waals surface area contributed by atoms with E-state index in [1.54, 1.807) is 0 Å². The molecule has 0 heteroatoms. The first kappa shape index (κ1) is 10.7. The van der Waals surface area contributed by atoms with E-state index in [9.17, 15) is 0 Å². The number of aryl methyl sites for hydroxylation is 1. The third kappa shape index (κ3) is 2.06. The molecule has 0 fully saturated rings. The summed E-state index contributed by atoms with van der Waals surface area (Å²) in [6, 6.07) is 17.0. The van der Waals surface area contributed by atoms with Crippen molar-refractivity contribution in [2.75, 3.05) is 0 Å². The Hall–Kier alpha value is -1.82. The zero-order valence-electron chi connectivity index (χ0n) is 9.61. The maximum absolute atomic E-state index is 3.89. The summed E-state index contributed by atoms with van der Waals surface area (Å²) in [5.74, 6) is 0. The van der Waals surface area contributed by atoms with Crippen LogP contribution in [0.3, 0.4) is 0 Å². The molecular weight excluding hydrogens is 192 g/mol. The molecule has 80 valence electrons. The zero-order valence-corrected chi connectivity index (χ0v) is 9.61. The van der Waals surface area contributed by atoms with Crippen molar-refractivity contribution >= 4 is 6.08 Å². The second-order valence-electron chi connectivity index (χ2n) is 3.85. The molecule has 16 heavy (non-hydrogen) atoms. The third-order valence-corrected chi connectivity index (χ3v) is 2.83. The Morgan fingerprint density at radius 2 is 1.81 bits per heavy atom. The Morgan fingerprint density at radius 1 is 1.06 bits per heavy atom. The number of rotatable bonds is 3. The Kier molecular flexibility index (Phi) is 3.21. The van der Waals surface area contributed by atoms with Gasteiger partial charge in [0.2, 0.25) is 0 Å². The predicted molar refractivity (Wildman–Crippen MR) is 71.3 cm³/mol. The molecule has 0 radical (unpaired) electrons. The molecule has 0 N–H and O–H groups in total. The van der Waals surface area contributed by atoms with Gasteiger partial charge in [-0.25, -0.2) is 0 Å². The van der Waals surface area contributed by atoms with Gasteiger partial charge in [-0.05, 0) is 28.7 Å². The van der Waals surface area contributed by atoms with Crippen LogP contribution in [0.2, 0.25) is 0 Å². The van der Waals surface area contributed by atoms with E-state index in [-0.39, 0.29) is 0 Å². The third-order valence-electron chi connectivity index (χ3n) is 2.83. The van der Waals surface area contributed by atoms with Gasteiger partial charge in [0, 0.05) is 0 Å². The second-order valence-corrected chi connectivity index (χ2v) is 3.85. The fourth-order valence-electron chi connectivity index (χ4n) is 1.88. The average Bonchev–Trinajstić information content (AvgIpc) is 2.39. The molecule has 2 aromatic rings. The Labute approximate surface area is 97.3 Å². The van der Waals surface area contributed by atoms with E-state index in [0.717, 1.165) is 6.42 Å². The van der Waals surface area contributed by atoms with Crippen molar-refractivity contribution in [2.24, 2.45) is 0 Å². The molecule has 0 atom stereocenters. The maximum atomic E-state index is 3.89. The molecule has 0 bridgehead atoms. The molecule has 0 saturated carbocycles. The van der Waals surface area contributed by atoms with Crippen molar-refractivity contribution in [1.29, 1.82) is 0 Å². The molecule has 2 rings (SSSR count). The van der Waals surface area contributed by atoms with E-state index in [1.165, 1.54) is 22.3 Å². The normalized spacial score (nSPS) is 10.1. The minimum atomic E-state index is 1.07. The summed E-state index contributed by atoms with van der Waals surface area (Å²) < 4.78 is 0. The van der Waals surface area contributed by atoms with Crippen LogP contribution in [0.5, 0.6) is 0 Å². The lowest BCUT2D eigenvalue weighted by Crippen LogP contribution is -1.86. The molecule has 0 unspecified atom stereocenters. The van der Waals surface area contributed by atoms with Crippen molar-refractivity contribution < 1.29 is 0 Å². The minimum absolute atomic E-state index is 1.07. The van der Waals surface area contributed by atoms with Crippen LogP contribution < -0.4 is 0 Å². The van der Waals surface area contributed by atoms with Crippen LogP contribution in [-0.4, -0.2) is 0 Å². The molecule has 0 aliphatic rings. The largest absolute Gasteiger partial charge is 0.0984 e. The average molecular weight is 208 g/mol. The van der Waals surface area contributed by atoms with Gasteiger partial charge in [-0.3, -0.25) is 0 Å². The fraction of sp³-hybridized carbons (Fsp3) is 0.125. The van der Waals surface area contributed by atoms with Crippen molar-refractivity contribution in [2.45, 2.75) is 13.3 Å². The number of hydrogen-bond acceptors (Lipinski definition) is 0. The molecule has 2 aromatic carbocycles. The Morgan fingerprint density at radius 3 is 2.44 bits per heavy atom. The van der Waals surface area contributed by atoms with Gasteiger partial charge in [0.15, 0.2) is 0 Å². The fourth-order valence-corrected chi connectivity index (χ4v) is 1.88. The standard InChI is InChI=1S/C16H16/c1-3-13-10-11-16(14(4-2)12-13)15-8-6-5-7-9-15/h4-12H,2-3H2,1H3. The summed E-state index contributed by atoms with van der Waals surface area (Å²) in [5, 5.41) is 0. The van der Waals surface area contributed by atoms with Crippen LogP contribution in [-0.2, 0) is 6.42 Å². The van der Waals surface area contributed by atoms with E-state index in [0.29, 0.717) is 0 Å². The smallest absolute Gasteiger partial charge is 0.0111 e. The molecule has 0 aromatic heterocycles. The van der Waals surface area contributed by atoms with Crippen LogP contribution in [0.1, 0.15) is 18.1 Å². The maximum Gasteiger partial charge on any atom is -0.0111 e. The van der Waals surface area contributed by atoms with Crippen LogP contribution in [0.15, 0.2) is 55.1 Å². The lowest BCUT2D eigenvalue weighted by atomic mass is 9.97. The minimum Gasteiger partial charge on any atom is -0.0984 e. The topological polar surface area (TPSA) is 0 Å². The highest BCUT2D eigenvalue weighted by atomic mass is 14.1. The van der Waals surface area contributed by atoms with Crippen LogP contribution in [0, 0.1) is 0 Å². The predicted octanol–water partition coefficient (Wildman–Crippen LogP) is 4.56. The summed E-state index contributed by atoms with van der Waals surface area (Å²) >= 11 is 0. The first-order valence-electron chi connectivity index (χ1n) is 5.66. The van der Waals surface area contributed by atoms with Gasteiger partial charge in [0.25, 0.3) is 0 Å². The highest BCUT2D eigenvalue weighted by molar-refractivity contribution is 5.75. The molecule has 0 heterocycles. The first-order valence-corrected chi connectivity index (χ1v) is 5.66. The van der Waals surface area contributed by atoms with Crippen molar-refractivity contribution in [3.8, 4) is 11.1 Å². The second kappa shape index (κ2) is 4.80. The lowest BCUT2D eigenvalue weighted by Gasteiger charge is -2.08. The zero-order chi connectivity index (χ0) is 11.4. The molecular formula is C16H16. The van der Waals surface area contributed by atoms with E-state index in [4.69, 9.17) is 0 Å². The molecule has 0 nitrogen and oxygen atoms in total. The van der Waals surface area contributed by atoms with E-state index in [2.05, 4.69) is 56.0 Å². The Bertz CT molecular complexity index is 481. The van der Waals surface area contributed by atoms with Crippen molar-refractivity contribution in [3.05, 3.63) is 66.2 Å². The van der Waals surface area contributed by atoms with E-state index >= 15 is 0 Å². The lowest BCUT2D eigenvalue weighted by molar-refractivity contribution is 1.14. The summed E-state index contributed by atoms with van der Waals surface area (Å²) in [5.41, 5.74) is 5.08. The number of benzene rings is 2. The first-order chi connectivity index (χ1) is 7.85. The van der Waals surface area contributed by atoms with E-state index < -0.39 is 0 Å². The molecule has 0 saturated heterocycles. The van der Waals surface area contributed by atoms with Gasteiger partial charge >= 0.3 is 0 Å². The van der Waals surface area contributed by atoms with Crippen molar-refractivity contribution in [3.63, 3.8) is 0 Å². The van der Waals surface area contributed by atoms with Crippen molar-refractivity contribution in [1.82, 2.24) is 0 Å². The highest BCUT2D eigenvalue weighted by Gasteiger charge is 2.02. The Balaban J connectivity index is 2.53. The monoisotopic (exact) mass is 208 g/mol. The molecule has 0 aliphatic carbocycles. The SMILES string of the molecule is C=Cc1cc(CC)ccc1-c1ccccc1. The van der Waals surface area contributed by atoms with Crippen LogP contribution in [0.4, 0.5) is 0 Å². The summed E-state index contributed by atoms with van der Waals surface area (Å²) in [4.78, 5) is 0. The number of hydrogen-bond donors (Lipinski definition) is 0. The van der Waals surface area contributed by atoms with Gasteiger partial charge in [-0.15, -0.1) is 0 Å². The molecule has 0 aliphatic heterocycles. The quantitative estimate of drug-likeness (QED) is 0.693. The van der Waals surface area contributed by atoms with Gasteiger partial charge in [-0.2, -0.15) is 0 Å². The van der Waals surface area contributed by atoms with Gasteiger partial charge in [0.1, 0.15) is 0 Å². The molecule has 0 spiro atoms. The summed E-state index contributed by atoms with van der Waals surface area (Å²) in [7, 11) is 0. The van der Waals surface area contributed by atoms with Crippen LogP contribution in [0.25, 0.3) is 17.2 Å². The molecule has 0 amide bonds. The van der Waals surface area contributed by atoms with Crippen LogP contribution >= 0.6 is 0 Å². The summed E-state index contributed by atoms with van der Waals surface area (Å²) in [6.07, 6.45) is 3.00. The summed E-state index contributed by atoms with van der Waals surface area (Å²) in [6.45, 7) is 6.06. The van der Waals surface area contributed by atoms with Gasteiger partial charge in [-0.1, -0.05) is 68.1 Å².